The lowest BCUT2D eigenvalue weighted by Gasteiger charge is -2.22. The second-order valence-corrected chi connectivity index (χ2v) is 6.03. The maximum atomic E-state index is 11.2. The Morgan fingerprint density at radius 1 is 1.41 bits per heavy atom. The van der Waals surface area contributed by atoms with Gasteiger partial charge in [-0.15, -0.1) is 0 Å². The topological polar surface area (TPSA) is 58.6 Å². The summed E-state index contributed by atoms with van der Waals surface area (Å²) < 4.78 is 4.17. The van der Waals surface area contributed by atoms with Crippen LogP contribution in [0.3, 0.4) is 0 Å². The van der Waals surface area contributed by atoms with E-state index in [0.717, 1.165) is 11.8 Å². The third-order valence-corrected chi connectivity index (χ3v) is 3.83. The zero-order valence-electron chi connectivity index (χ0n) is 11.4. The molecule has 0 aromatic carbocycles. The van der Waals surface area contributed by atoms with Gasteiger partial charge in [0.25, 0.3) is 5.24 Å². The van der Waals surface area contributed by atoms with Crippen molar-refractivity contribution in [2.24, 2.45) is 5.92 Å². The van der Waals surface area contributed by atoms with Crippen molar-refractivity contribution in [3.63, 3.8) is 0 Å². The fourth-order valence-corrected chi connectivity index (χ4v) is 2.03. The Bertz CT molecular complexity index is 282. The first-order valence-electron chi connectivity index (χ1n) is 5.42. The summed E-state index contributed by atoms with van der Waals surface area (Å²) in [5, 5.41) is 2.04. The predicted octanol–water partition coefficient (Wildman–Crippen LogP) is 1.54. The Morgan fingerprint density at radius 2 is 1.94 bits per heavy atom. The van der Waals surface area contributed by atoms with E-state index in [0.29, 0.717) is 6.73 Å². The number of carbonyl (C=O) groups is 2. The van der Waals surface area contributed by atoms with Gasteiger partial charge in [0.05, 0.1) is 6.73 Å². The number of nitrogens with zero attached hydrogens (tertiary/aromatic N) is 1. The van der Waals surface area contributed by atoms with Gasteiger partial charge >= 0.3 is 0 Å². The summed E-state index contributed by atoms with van der Waals surface area (Å²) in [5.74, 6) is 0.0152. The third kappa shape index (κ3) is 5.06. The van der Waals surface area contributed by atoms with E-state index in [9.17, 15) is 9.59 Å². The van der Waals surface area contributed by atoms with Crippen LogP contribution in [-0.4, -0.2) is 48.7 Å². The van der Waals surface area contributed by atoms with E-state index in [1.807, 2.05) is 32.8 Å². The molecule has 6 heteroatoms. The molecule has 1 N–H and O–H groups in total. The van der Waals surface area contributed by atoms with Crippen LogP contribution in [0.25, 0.3) is 0 Å². The van der Waals surface area contributed by atoms with Crippen LogP contribution in [-0.2, 0) is 9.53 Å². The number of imide groups is 1. The number of carbonyl (C=O) groups excluding carboxylic acids is 2. The molecule has 1 saturated heterocycles. The molecule has 2 amide bonds. The Morgan fingerprint density at radius 3 is 2.06 bits per heavy atom. The van der Waals surface area contributed by atoms with E-state index in [1.165, 1.54) is 0 Å². The fourth-order valence-electron chi connectivity index (χ4n) is 1.12. The van der Waals surface area contributed by atoms with Crippen molar-refractivity contribution in [1.29, 1.82) is 0 Å². The molecule has 1 fully saturated rings. The quantitative estimate of drug-likeness (QED) is 0.782. The van der Waals surface area contributed by atoms with Crippen LogP contribution in [0.5, 0.6) is 0 Å². The van der Waals surface area contributed by atoms with Gasteiger partial charge in [0, 0.05) is 7.11 Å². The van der Waals surface area contributed by atoms with Gasteiger partial charge in [0.15, 0.2) is 0 Å². The average molecular weight is 262 g/mol. The van der Waals surface area contributed by atoms with Crippen LogP contribution in [0.15, 0.2) is 0 Å². The summed E-state index contributed by atoms with van der Waals surface area (Å²) in [6.07, 6.45) is 0. The predicted molar refractivity (Wildman–Crippen MR) is 69.9 cm³/mol. The van der Waals surface area contributed by atoms with Gasteiger partial charge in [-0.1, -0.05) is 13.8 Å². The average Bonchev–Trinajstić information content (AvgIpc) is 2.42. The van der Waals surface area contributed by atoms with Crippen molar-refractivity contribution >= 4 is 22.9 Å². The van der Waals surface area contributed by atoms with Gasteiger partial charge < -0.3 is 4.74 Å². The van der Waals surface area contributed by atoms with E-state index in [-0.39, 0.29) is 17.1 Å². The first-order chi connectivity index (χ1) is 7.74. The molecule has 1 heterocycles. The Labute approximate surface area is 107 Å². The lowest BCUT2D eigenvalue weighted by molar-refractivity contribution is -0.122. The SMILES string of the molecule is CC(C)C1(C)SC(=O)NC1=O.COCN(C)C. The number of nitrogens with one attached hydrogen (secondary N) is 1. The number of methoxy groups -OCH3 is 1. The van der Waals surface area contributed by atoms with Crippen molar-refractivity contribution < 1.29 is 14.3 Å². The Balaban J connectivity index is 0.000000366. The minimum Gasteiger partial charge on any atom is -0.369 e. The molecule has 0 aromatic heterocycles. The number of amides is 2. The first kappa shape index (κ1) is 16.4. The molecule has 0 aromatic rings. The first-order valence-corrected chi connectivity index (χ1v) is 6.23. The van der Waals surface area contributed by atoms with Crippen LogP contribution >= 0.6 is 11.8 Å². The molecule has 0 bridgehead atoms. The van der Waals surface area contributed by atoms with Gasteiger partial charge in [-0.25, -0.2) is 0 Å². The van der Waals surface area contributed by atoms with Crippen molar-refractivity contribution in [3.8, 4) is 0 Å². The molecule has 1 aliphatic rings. The number of hydrogen-bond acceptors (Lipinski definition) is 5. The van der Waals surface area contributed by atoms with Crippen LogP contribution in [0.4, 0.5) is 4.79 Å². The molecule has 1 rings (SSSR count). The zero-order valence-corrected chi connectivity index (χ0v) is 12.2. The molecule has 100 valence electrons. The van der Waals surface area contributed by atoms with Gasteiger partial charge in [-0.2, -0.15) is 0 Å². The minimum absolute atomic E-state index is 0.164. The second kappa shape index (κ2) is 6.98. The van der Waals surface area contributed by atoms with Crippen molar-refractivity contribution in [2.45, 2.75) is 25.5 Å². The standard InChI is InChI=1S/C7H11NO2S.C4H11NO/c1-4(2)7(3)5(9)8-6(10)11-7;1-5(2)4-6-3/h4H,1-3H3,(H,8,9,10);4H2,1-3H3. The highest BCUT2D eigenvalue weighted by Crippen LogP contribution is 2.37. The molecule has 0 aliphatic carbocycles. The van der Waals surface area contributed by atoms with E-state index in [1.54, 1.807) is 14.0 Å². The molecular formula is C11H22N2O3S. The fraction of sp³-hybridized carbons (Fsp3) is 0.818. The molecule has 1 aliphatic heterocycles. The molecule has 5 nitrogen and oxygen atoms in total. The van der Waals surface area contributed by atoms with Gasteiger partial charge in [-0.05, 0) is 38.7 Å². The maximum absolute atomic E-state index is 11.2. The molecule has 0 spiro atoms. The number of ether oxygens (including phenoxy) is 1. The smallest absolute Gasteiger partial charge is 0.286 e. The lowest BCUT2D eigenvalue weighted by atomic mass is 9.96. The Kier molecular flexibility index (Phi) is 6.74. The molecule has 1 atom stereocenters. The second-order valence-electron chi connectivity index (χ2n) is 4.60. The summed E-state index contributed by atoms with van der Waals surface area (Å²) >= 11 is 1.08. The summed E-state index contributed by atoms with van der Waals surface area (Å²) in [4.78, 5) is 24.0. The van der Waals surface area contributed by atoms with E-state index < -0.39 is 4.75 Å². The molecular weight excluding hydrogens is 240 g/mol. The van der Waals surface area contributed by atoms with Gasteiger partial charge in [0.2, 0.25) is 5.91 Å². The molecule has 0 saturated carbocycles. The normalized spacial score (nSPS) is 23.8. The summed E-state index contributed by atoms with van der Waals surface area (Å²) in [5.41, 5.74) is 0. The highest BCUT2D eigenvalue weighted by Gasteiger charge is 2.45. The summed E-state index contributed by atoms with van der Waals surface area (Å²) in [7, 11) is 5.60. The maximum Gasteiger partial charge on any atom is 0.286 e. The van der Waals surface area contributed by atoms with Crippen molar-refractivity contribution in [3.05, 3.63) is 0 Å². The monoisotopic (exact) mass is 262 g/mol. The Hall–Kier alpha value is -0.590. The van der Waals surface area contributed by atoms with Crippen LogP contribution in [0.2, 0.25) is 0 Å². The molecule has 1 unspecified atom stereocenters. The third-order valence-electron chi connectivity index (χ3n) is 2.46. The van der Waals surface area contributed by atoms with Crippen molar-refractivity contribution in [1.82, 2.24) is 10.2 Å². The van der Waals surface area contributed by atoms with Gasteiger partial charge in [0.1, 0.15) is 4.75 Å². The number of thioether (sulfide) groups is 1. The zero-order chi connectivity index (χ0) is 13.6. The largest absolute Gasteiger partial charge is 0.369 e. The van der Waals surface area contributed by atoms with E-state index in [4.69, 9.17) is 4.74 Å². The lowest BCUT2D eigenvalue weighted by Crippen LogP contribution is -2.38. The number of rotatable bonds is 3. The highest BCUT2D eigenvalue weighted by atomic mass is 32.2. The van der Waals surface area contributed by atoms with E-state index in [2.05, 4.69) is 5.32 Å². The van der Waals surface area contributed by atoms with Crippen LogP contribution < -0.4 is 5.32 Å². The molecule has 0 radical (unpaired) electrons. The summed E-state index contributed by atoms with van der Waals surface area (Å²) in [6, 6.07) is 0. The van der Waals surface area contributed by atoms with Crippen LogP contribution in [0, 0.1) is 5.92 Å². The summed E-state index contributed by atoms with van der Waals surface area (Å²) in [6.45, 7) is 6.37. The molecule has 17 heavy (non-hydrogen) atoms. The minimum atomic E-state index is -0.558. The van der Waals surface area contributed by atoms with E-state index >= 15 is 0 Å². The number of hydrogen-bond donors (Lipinski definition) is 1. The highest BCUT2D eigenvalue weighted by molar-refractivity contribution is 8.16. The van der Waals surface area contributed by atoms with Crippen LogP contribution in [0.1, 0.15) is 20.8 Å². The van der Waals surface area contributed by atoms with Gasteiger partial charge in [-0.3, -0.25) is 19.8 Å². The van der Waals surface area contributed by atoms with Crippen molar-refractivity contribution in [2.75, 3.05) is 27.9 Å².